The molecule has 1 N–H and O–H groups in total. The van der Waals surface area contributed by atoms with E-state index in [0.29, 0.717) is 5.03 Å². The number of hydrogen-bond donors (Lipinski definition) is 1. The van der Waals surface area contributed by atoms with Gasteiger partial charge in [-0.2, -0.15) is 13.2 Å². The SMILES string of the molecule is CCNCC(C)Sc1ccc(C(F)(F)F)cn1. The molecule has 17 heavy (non-hydrogen) atoms. The van der Waals surface area contributed by atoms with E-state index in [4.69, 9.17) is 0 Å². The fourth-order valence-corrected chi connectivity index (χ4v) is 2.09. The number of nitrogens with zero attached hydrogens (tertiary/aromatic N) is 1. The molecule has 1 rings (SSSR count). The highest BCUT2D eigenvalue weighted by Gasteiger charge is 2.30. The zero-order valence-electron chi connectivity index (χ0n) is 9.71. The normalized spacial score (nSPS) is 13.7. The Hall–Kier alpha value is -0.750. The summed E-state index contributed by atoms with van der Waals surface area (Å²) in [6.07, 6.45) is -3.44. The molecule has 1 aromatic rings. The molecule has 96 valence electrons. The van der Waals surface area contributed by atoms with Crippen LogP contribution in [0.5, 0.6) is 0 Å². The van der Waals surface area contributed by atoms with Crippen molar-refractivity contribution in [3.63, 3.8) is 0 Å². The Balaban J connectivity index is 2.56. The third-order valence-electron chi connectivity index (χ3n) is 2.07. The maximum atomic E-state index is 12.3. The number of pyridine rings is 1. The molecule has 0 saturated carbocycles. The molecule has 1 heterocycles. The van der Waals surface area contributed by atoms with Crippen molar-refractivity contribution in [1.29, 1.82) is 0 Å². The van der Waals surface area contributed by atoms with Crippen molar-refractivity contribution in [2.45, 2.75) is 30.3 Å². The quantitative estimate of drug-likeness (QED) is 0.827. The summed E-state index contributed by atoms with van der Waals surface area (Å²) in [5.41, 5.74) is -0.707. The van der Waals surface area contributed by atoms with E-state index in [9.17, 15) is 13.2 Å². The average molecular weight is 264 g/mol. The standard InChI is InChI=1S/C11H15F3N2S/c1-3-15-6-8(2)17-10-5-4-9(7-16-10)11(12,13)14/h4-5,7-8,15H,3,6H2,1-2H3. The number of halogens is 3. The molecule has 0 radical (unpaired) electrons. The van der Waals surface area contributed by atoms with E-state index >= 15 is 0 Å². The van der Waals surface area contributed by atoms with E-state index in [0.717, 1.165) is 25.4 Å². The molecule has 0 aliphatic rings. The van der Waals surface area contributed by atoms with Gasteiger partial charge in [-0.05, 0) is 18.7 Å². The predicted octanol–water partition coefficient (Wildman–Crippen LogP) is 3.19. The van der Waals surface area contributed by atoms with Gasteiger partial charge < -0.3 is 5.32 Å². The molecular weight excluding hydrogens is 249 g/mol. The Morgan fingerprint density at radius 2 is 2.12 bits per heavy atom. The zero-order chi connectivity index (χ0) is 12.9. The van der Waals surface area contributed by atoms with Gasteiger partial charge in [0.15, 0.2) is 0 Å². The Morgan fingerprint density at radius 3 is 2.59 bits per heavy atom. The van der Waals surface area contributed by atoms with E-state index in [1.165, 1.54) is 17.8 Å². The number of aromatic nitrogens is 1. The molecule has 0 spiro atoms. The van der Waals surface area contributed by atoms with E-state index in [1.807, 2.05) is 13.8 Å². The monoisotopic (exact) mass is 264 g/mol. The maximum absolute atomic E-state index is 12.3. The summed E-state index contributed by atoms with van der Waals surface area (Å²) in [5, 5.41) is 4.07. The molecule has 1 unspecified atom stereocenters. The first-order valence-electron chi connectivity index (χ1n) is 5.34. The fourth-order valence-electron chi connectivity index (χ4n) is 1.21. The molecule has 1 aromatic heterocycles. The highest BCUT2D eigenvalue weighted by molar-refractivity contribution is 7.99. The summed E-state index contributed by atoms with van der Waals surface area (Å²) in [6.45, 7) is 5.70. The molecular formula is C11H15F3N2S. The molecule has 2 nitrogen and oxygen atoms in total. The first-order chi connectivity index (χ1) is 7.93. The smallest absolute Gasteiger partial charge is 0.316 e. The van der Waals surface area contributed by atoms with Gasteiger partial charge in [0.25, 0.3) is 0 Å². The van der Waals surface area contributed by atoms with Crippen LogP contribution in [0.2, 0.25) is 0 Å². The molecule has 0 fully saturated rings. The van der Waals surface area contributed by atoms with Gasteiger partial charge in [-0.15, -0.1) is 11.8 Å². The van der Waals surface area contributed by atoms with Crippen LogP contribution in [0.15, 0.2) is 23.4 Å². The second-order valence-corrected chi connectivity index (χ2v) is 5.08. The van der Waals surface area contributed by atoms with Gasteiger partial charge >= 0.3 is 6.18 Å². The lowest BCUT2D eigenvalue weighted by atomic mass is 10.3. The van der Waals surface area contributed by atoms with Gasteiger partial charge in [0.1, 0.15) is 0 Å². The van der Waals surface area contributed by atoms with Gasteiger partial charge in [0.2, 0.25) is 0 Å². The third kappa shape index (κ3) is 4.95. The minimum atomic E-state index is -4.31. The molecule has 0 aliphatic carbocycles. The first-order valence-corrected chi connectivity index (χ1v) is 6.22. The Bertz CT molecular complexity index is 338. The van der Waals surface area contributed by atoms with Crippen LogP contribution in [0.1, 0.15) is 19.4 Å². The Labute approximate surface area is 103 Å². The van der Waals surface area contributed by atoms with Gasteiger partial charge in [-0.25, -0.2) is 4.98 Å². The van der Waals surface area contributed by atoms with E-state index < -0.39 is 11.7 Å². The summed E-state index contributed by atoms with van der Waals surface area (Å²) in [7, 11) is 0. The van der Waals surface area contributed by atoms with Crippen LogP contribution in [0.25, 0.3) is 0 Å². The largest absolute Gasteiger partial charge is 0.417 e. The first kappa shape index (κ1) is 14.3. The molecule has 0 aliphatic heterocycles. The molecule has 0 saturated heterocycles. The number of rotatable bonds is 5. The minimum absolute atomic E-state index is 0.277. The Kier molecular flexibility index (Phi) is 5.27. The number of thioether (sulfide) groups is 1. The summed E-state index contributed by atoms with van der Waals surface area (Å²) < 4.78 is 36.9. The topological polar surface area (TPSA) is 24.9 Å². The second-order valence-electron chi connectivity index (χ2n) is 3.62. The van der Waals surface area contributed by atoms with Crippen LogP contribution in [-0.2, 0) is 6.18 Å². The van der Waals surface area contributed by atoms with Gasteiger partial charge in [-0.3, -0.25) is 0 Å². The van der Waals surface area contributed by atoms with Crippen LogP contribution in [0.3, 0.4) is 0 Å². The van der Waals surface area contributed by atoms with E-state index in [-0.39, 0.29) is 5.25 Å². The van der Waals surface area contributed by atoms with Crippen LogP contribution in [0.4, 0.5) is 13.2 Å². The van der Waals surface area contributed by atoms with Crippen LogP contribution >= 0.6 is 11.8 Å². The third-order valence-corrected chi connectivity index (χ3v) is 3.12. The van der Waals surface area contributed by atoms with Gasteiger partial charge in [-0.1, -0.05) is 13.8 Å². The minimum Gasteiger partial charge on any atom is -0.316 e. The molecule has 1 atom stereocenters. The van der Waals surface area contributed by atoms with E-state index in [1.54, 1.807) is 0 Å². The summed E-state index contributed by atoms with van der Waals surface area (Å²) in [4.78, 5) is 3.81. The average Bonchev–Trinajstić information content (AvgIpc) is 2.26. The summed E-state index contributed by atoms with van der Waals surface area (Å²) in [6, 6.07) is 2.48. The highest BCUT2D eigenvalue weighted by Crippen LogP contribution is 2.30. The second kappa shape index (κ2) is 6.26. The van der Waals surface area contributed by atoms with Gasteiger partial charge in [0.05, 0.1) is 10.6 Å². The molecule has 0 amide bonds. The number of hydrogen-bond acceptors (Lipinski definition) is 3. The lowest BCUT2D eigenvalue weighted by molar-refractivity contribution is -0.137. The summed E-state index contributed by atoms with van der Waals surface area (Å²) in [5.74, 6) is 0. The van der Waals surface area contributed by atoms with Crippen molar-refractivity contribution in [3.05, 3.63) is 23.9 Å². The van der Waals surface area contributed by atoms with Crippen molar-refractivity contribution in [2.24, 2.45) is 0 Å². The van der Waals surface area contributed by atoms with Crippen molar-refractivity contribution in [1.82, 2.24) is 10.3 Å². The van der Waals surface area contributed by atoms with Crippen LogP contribution in [-0.4, -0.2) is 23.3 Å². The van der Waals surface area contributed by atoms with Crippen LogP contribution in [0, 0.1) is 0 Å². The van der Waals surface area contributed by atoms with Crippen molar-refractivity contribution in [2.75, 3.05) is 13.1 Å². The lowest BCUT2D eigenvalue weighted by Gasteiger charge is -2.11. The molecule has 6 heteroatoms. The predicted molar refractivity (Wildman–Crippen MR) is 63.1 cm³/mol. The molecule has 0 bridgehead atoms. The highest BCUT2D eigenvalue weighted by atomic mass is 32.2. The van der Waals surface area contributed by atoms with Gasteiger partial charge in [0, 0.05) is 18.0 Å². The number of alkyl halides is 3. The van der Waals surface area contributed by atoms with Crippen molar-refractivity contribution in [3.8, 4) is 0 Å². The zero-order valence-corrected chi connectivity index (χ0v) is 10.5. The lowest BCUT2D eigenvalue weighted by Crippen LogP contribution is -2.22. The summed E-state index contributed by atoms with van der Waals surface area (Å²) >= 11 is 1.46. The van der Waals surface area contributed by atoms with Crippen molar-refractivity contribution >= 4 is 11.8 Å². The molecule has 0 aromatic carbocycles. The van der Waals surface area contributed by atoms with E-state index in [2.05, 4.69) is 10.3 Å². The van der Waals surface area contributed by atoms with Crippen LogP contribution < -0.4 is 5.32 Å². The maximum Gasteiger partial charge on any atom is 0.417 e. The number of nitrogens with one attached hydrogen (secondary N) is 1. The Morgan fingerprint density at radius 1 is 1.41 bits per heavy atom. The van der Waals surface area contributed by atoms with Crippen molar-refractivity contribution < 1.29 is 13.2 Å². The fraction of sp³-hybridized carbons (Fsp3) is 0.545.